The summed E-state index contributed by atoms with van der Waals surface area (Å²) in [5.74, 6) is 0.371. The number of hydrazone groups is 1. The normalized spacial score (nSPS) is 10.6. The number of aryl methyl sites for hydroxylation is 2. The van der Waals surface area contributed by atoms with E-state index in [0.29, 0.717) is 11.3 Å². The quantitative estimate of drug-likeness (QED) is 0.692. The van der Waals surface area contributed by atoms with E-state index in [1.54, 1.807) is 37.6 Å². The van der Waals surface area contributed by atoms with Crippen LogP contribution in [0.5, 0.6) is 5.75 Å². The molecule has 0 heterocycles. The van der Waals surface area contributed by atoms with Crippen molar-refractivity contribution in [3.63, 3.8) is 0 Å². The van der Waals surface area contributed by atoms with Crippen molar-refractivity contribution in [3.8, 4) is 5.75 Å². The number of rotatable bonds is 4. The summed E-state index contributed by atoms with van der Waals surface area (Å²) in [5.41, 5.74) is 6.32. The van der Waals surface area contributed by atoms with Crippen LogP contribution >= 0.6 is 0 Å². The lowest BCUT2D eigenvalue weighted by Crippen LogP contribution is -2.17. The van der Waals surface area contributed by atoms with Gasteiger partial charge in [-0.1, -0.05) is 29.8 Å². The lowest BCUT2D eigenvalue weighted by atomic mass is 10.1. The summed E-state index contributed by atoms with van der Waals surface area (Å²) in [6.07, 6.45) is 1.65. The fraction of sp³-hybridized carbons (Fsp3) is 0.176. The van der Waals surface area contributed by atoms with E-state index in [0.717, 1.165) is 11.1 Å². The Morgan fingerprint density at radius 3 is 2.71 bits per heavy atom. The number of nitrogens with zero attached hydrogens (tertiary/aromatic N) is 1. The van der Waals surface area contributed by atoms with Crippen LogP contribution in [0.4, 0.5) is 0 Å². The molecule has 21 heavy (non-hydrogen) atoms. The molecule has 0 saturated heterocycles. The first-order valence-electron chi connectivity index (χ1n) is 6.65. The number of carbonyl (C=O) groups excluding carboxylic acids is 1. The zero-order chi connectivity index (χ0) is 15.2. The zero-order valence-corrected chi connectivity index (χ0v) is 12.4. The van der Waals surface area contributed by atoms with Gasteiger partial charge in [-0.15, -0.1) is 0 Å². The van der Waals surface area contributed by atoms with Gasteiger partial charge in [0.05, 0.1) is 13.3 Å². The Labute approximate surface area is 124 Å². The SMILES string of the molecule is COc1cccc(C(=O)N/N=C/c2ccc(C)cc2C)c1. The molecule has 1 N–H and O–H groups in total. The van der Waals surface area contributed by atoms with Gasteiger partial charge in [0.15, 0.2) is 0 Å². The molecule has 0 aromatic heterocycles. The van der Waals surface area contributed by atoms with Gasteiger partial charge in [0.25, 0.3) is 5.91 Å². The Balaban J connectivity index is 2.04. The van der Waals surface area contributed by atoms with Gasteiger partial charge in [-0.05, 0) is 43.2 Å². The number of hydrogen-bond donors (Lipinski definition) is 1. The van der Waals surface area contributed by atoms with Gasteiger partial charge in [-0.3, -0.25) is 4.79 Å². The molecule has 108 valence electrons. The second-order valence-electron chi connectivity index (χ2n) is 4.79. The van der Waals surface area contributed by atoms with Crippen LogP contribution < -0.4 is 10.2 Å². The lowest BCUT2D eigenvalue weighted by molar-refractivity contribution is 0.0955. The summed E-state index contributed by atoms with van der Waals surface area (Å²) in [4.78, 5) is 12.0. The van der Waals surface area contributed by atoms with Crippen molar-refractivity contribution >= 4 is 12.1 Å². The largest absolute Gasteiger partial charge is 0.497 e. The molecule has 1 amide bonds. The van der Waals surface area contributed by atoms with Gasteiger partial charge in [-0.25, -0.2) is 5.43 Å². The van der Waals surface area contributed by atoms with Crippen molar-refractivity contribution in [2.24, 2.45) is 5.10 Å². The fourth-order valence-corrected chi connectivity index (χ4v) is 1.96. The molecule has 0 spiro atoms. The van der Waals surface area contributed by atoms with Crippen molar-refractivity contribution in [2.45, 2.75) is 13.8 Å². The molecule has 0 unspecified atom stereocenters. The van der Waals surface area contributed by atoms with Crippen LogP contribution in [0.15, 0.2) is 47.6 Å². The minimum absolute atomic E-state index is 0.269. The monoisotopic (exact) mass is 282 g/mol. The molecule has 4 nitrogen and oxygen atoms in total. The van der Waals surface area contributed by atoms with Crippen LogP contribution in [0, 0.1) is 13.8 Å². The summed E-state index contributed by atoms with van der Waals surface area (Å²) < 4.78 is 5.09. The van der Waals surface area contributed by atoms with Crippen molar-refractivity contribution < 1.29 is 9.53 Å². The Kier molecular flexibility index (Phi) is 4.72. The highest BCUT2D eigenvalue weighted by Crippen LogP contribution is 2.12. The Bertz CT molecular complexity index is 678. The Hall–Kier alpha value is -2.62. The average Bonchev–Trinajstić information content (AvgIpc) is 2.49. The maximum absolute atomic E-state index is 12.0. The predicted molar refractivity (Wildman–Crippen MR) is 84.0 cm³/mol. The van der Waals surface area contributed by atoms with Crippen LogP contribution in [-0.2, 0) is 0 Å². The first-order chi connectivity index (χ1) is 10.1. The molecule has 0 atom stereocenters. The minimum Gasteiger partial charge on any atom is -0.497 e. The van der Waals surface area contributed by atoms with Crippen molar-refractivity contribution in [3.05, 3.63) is 64.7 Å². The van der Waals surface area contributed by atoms with Crippen LogP contribution in [0.2, 0.25) is 0 Å². The molecule has 2 aromatic carbocycles. The standard InChI is InChI=1S/C17H18N2O2/c1-12-7-8-15(13(2)9-12)11-18-19-17(20)14-5-4-6-16(10-14)21-3/h4-11H,1-3H3,(H,19,20)/b18-11+. The molecule has 0 aliphatic heterocycles. The summed E-state index contributed by atoms with van der Waals surface area (Å²) in [5, 5.41) is 4.00. The fourth-order valence-electron chi connectivity index (χ4n) is 1.96. The maximum Gasteiger partial charge on any atom is 0.271 e. The average molecular weight is 282 g/mol. The van der Waals surface area contributed by atoms with E-state index in [-0.39, 0.29) is 5.91 Å². The zero-order valence-electron chi connectivity index (χ0n) is 12.4. The maximum atomic E-state index is 12.0. The Morgan fingerprint density at radius 2 is 2.00 bits per heavy atom. The van der Waals surface area contributed by atoms with E-state index in [2.05, 4.69) is 16.6 Å². The summed E-state index contributed by atoms with van der Waals surface area (Å²) >= 11 is 0. The van der Waals surface area contributed by atoms with Crippen LogP contribution in [0.3, 0.4) is 0 Å². The van der Waals surface area contributed by atoms with E-state index >= 15 is 0 Å². The Morgan fingerprint density at radius 1 is 1.19 bits per heavy atom. The molecule has 2 aromatic rings. The molecule has 4 heteroatoms. The molecule has 0 radical (unpaired) electrons. The van der Waals surface area contributed by atoms with Gasteiger partial charge in [0.1, 0.15) is 5.75 Å². The number of carbonyl (C=O) groups is 1. The third-order valence-corrected chi connectivity index (χ3v) is 3.13. The number of amides is 1. The second kappa shape index (κ2) is 6.70. The van der Waals surface area contributed by atoms with E-state index in [1.807, 2.05) is 26.0 Å². The predicted octanol–water partition coefficient (Wildman–Crippen LogP) is 3.08. The highest BCUT2D eigenvalue weighted by atomic mass is 16.5. The molecule has 0 bridgehead atoms. The topological polar surface area (TPSA) is 50.7 Å². The third kappa shape index (κ3) is 3.92. The molecular formula is C17H18N2O2. The number of methoxy groups -OCH3 is 1. The number of nitrogens with one attached hydrogen (secondary N) is 1. The van der Waals surface area contributed by atoms with Gasteiger partial charge in [0, 0.05) is 5.56 Å². The molecule has 0 fully saturated rings. The van der Waals surface area contributed by atoms with E-state index < -0.39 is 0 Å². The van der Waals surface area contributed by atoms with Crippen molar-refractivity contribution in [2.75, 3.05) is 7.11 Å². The van der Waals surface area contributed by atoms with Gasteiger partial charge in [0.2, 0.25) is 0 Å². The smallest absolute Gasteiger partial charge is 0.271 e. The molecule has 2 rings (SSSR count). The summed E-state index contributed by atoms with van der Waals surface area (Å²) in [7, 11) is 1.56. The number of benzene rings is 2. The lowest BCUT2D eigenvalue weighted by Gasteiger charge is -2.04. The van der Waals surface area contributed by atoms with Gasteiger partial charge >= 0.3 is 0 Å². The number of hydrogen-bond acceptors (Lipinski definition) is 3. The van der Waals surface area contributed by atoms with E-state index in [4.69, 9.17) is 4.74 Å². The minimum atomic E-state index is -0.269. The molecule has 0 aliphatic carbocycles. The van der Waals surface area contributed by atoms with E-state index in [9.17, 15) is 4.79 Å². The molecular weight excluding hydrogens is 264 g/mol. The first-order valence-corrected chi connectivity index (χ1v) is 6.65. The van der Waals surface area contributed by atoms with Gasteiger partial charge in [-0.2, -0.15) is 5.10 Å². The number of ether oxygens (including phenoxy) is 1. The van der Waals surface area contributed by atoms with Gasteiger partial charge < -0.3 is 4.74 Å². The highest BCUT2D eigenvalue weighted by Gasteiger charge is 2.05. The summed E-state index contributed by atoms with van der Waals surface area (Å²) in [6.45, 7) is 4.05. The third-order valence-electron chi connectivity index (χ3n) is 3.13. The van der Waals surface area contributed by atoms with Crippen LogP contribution in [0.1, 0.15) is 27.0 Å². The van der Waals surface area contributed by atoms with Crippen LogP contribution in [0.25, 0.3) is 0 Å². The molecule has 0 saturated carbocycles. The van der Waals surface area contributed by atoms with Crippen molar-refractivity contribution in [1.29, 1.82) is 0 Å². The highest BCUT2D eigenvalue weighted by molar-refractivity contribution is 5.95. The van der Waals surface area contributed by atoms with Crippen molar-refractivity contribution in [1.82, 2.24) is 5.43 Å². The first kappa shape index (κ1) is 14.8. The molecule has 0 aliphatic rings. The van der Waals surface area contributed by atoms with E-state index in [1.165, 1.54) is 5.56 Å². The summed E-state index contributed by atoms with van der Waals surface area (Å²) in [6, 6.07) is 13.0. The second-order valence-corrected chi connectivity index (χ2v) is 4.79. The van der Waals surface area contributed by atoms with Crippen LogP contribution in [-0.4, -0.2) is 19.2 Å².